The molecule has 0 radical (unpaired) electrons. The van der Waals surface area contributed by atoms with Gasteiger partial charge in [-0.25, -0.2) is 0 Å². The van der Waals surface area contributed by atoms with Crippen LogP contribution in [-0.2, 0) is 6.54 Å². The standard InChI is InChI=1S/C16H25BrN2/c1-12-3-8-16(18)14(9-12)11-19(2)10-13-4-6-15(17)7-5-13/h4-7,12,14,16H,3,8-11,18H2,1-2H3. The van der Waals surface area contributed by atoms with Gasteiger partial charge in [-0.3, -0.25) is 0 Å². The molecule has 1 aromatic carbocycles. The van der Waals surface area contributed by atoms with E-state index < -0.39 is 0 Å². The van der Waals surface area contributed by atoms with Crippen LogP contribution in [0, 0.1) is 11.8 Å². The molecule has 2 N–H and O–H groups in total. The van der Waals surface area contributed by atoms with Crippen LogP contribution in [0.1, 0.15) is 31.7 Å². The van der Waals surface area contributed by atoms with Crippen molar-refractivity contribution in [2.45, 2.75) is 38.8 Å². The largest absolute Gasteiger partial charge is 0.327 e. The van der Waals surface area contributed by atoms with Crippen molar-refractivity contribution in [1.29, 1.82) is 0 Å². The number of nitrogens with two attached hydrogens (primary N) is 1. The predicted molar refractivity (Wildman–Crippen MR) is 85.0 cm³/mol. The fraction of sp³-hybridized carbons (Fsp3) is 0.625. The molecule has 0 aliphatic heterocycles. The summed E-state index contributed by atoms with van der Waals surface area (Å²) in [6, 6.07) is 8.98. The van der Waals surface area contributed by atoms with Crippen LogP contribution in [0.2, 0.25) is 0 Å². The Morgan fingerprint density at radius 2 is 1.95 bits per heavy atom. The van der Waals surface area contributed by atoms with Crippen molar-refractivity contribution in [2.24, 2.45) is 17.6 Å². The van der Waals surface area contributed by atoms with E-state index in [1.807, 2.05) is 0 Å². The van der Waals surface area contributed by atoms with Gasteiger partial charge in [-0.05, 0) is 55.8 Å². The molecule has 1 aliphatic rings. The van der Waals surface area contributed by atoms with Crippen molar-refractivity contribution in [1.82, 2.24) is 4.90 Å². The fourth-order valence-electron chi connectivity index (χ4n) is 3.10. The zero-order valence-electron chi connectivity index (χ0n) is 12.0. The molecule has 1 saturated carbocycles. The molecule has 0 spiro atoms. The summed E-state index contributed by atoms with van der Waals surface area (Å²) < 4.78 is 1.14. The summed E-state index contributed by atoms with van der Waals surface area (Å²) >= 11 is 3.48. The van der Waals surface area contributed by atoms with Crippen LogP contribution in [0.3, 0.4) is 0 Å². The van der Waals surface area contributed by atoms with E-state index in [1.54, 1.807) is 0 Å². The van der Waals surface area contributed by atoms with Crippen LogP contribution in [0.5, 0.6) is 0 Å². The summed E-state index contributed by atoms with van der Waals surface area (Å²) in [4.78, 5) is 2.41. The molecule has 3 heteroatoms. The van der Waals surface area contributed by atoms with E-state index in [0.29, 0.717) is 12.0 Å². The van der Waals surface area contributed by atoms with Gasteiger partial charge in [-0.1, -0.05) is 35.0 Å². The first kappa shape index (κ1) is 15.0. The van der Waals surface area contributed by atoms with Gasteiger partial charge in [0.25, 0.3) is 0 Å². The Kier molecular flexibility index (Phi) is 5.43. The van der Waals surface area contributed by atoms with Gasteiger partial charge in [0.05, 0.1) is 0 Å². The Balaban J connectivity index is 1.86. The first-order valence-corrected chi connectivity index (χ1v) is 8.02. The van der Waals surface area contributed by atoms with Crippen molar-refractivity contribution in [3.63, 3.8) is 0 Å². The fourth-order valence-corrected chi connectivity index (χ4v) is 3.36. The van der Waals surface area contributed by atoms with Gasteiger partial charge in [0.15, 0.2) is 0 Å². The van der Waals surface area contributed by atoms with Gasteiger partial charge in [0, 0.05) is 23.6 Å². The normalized spacial score (nSPS) is 27.7. The highest BCUT2D eigenvalue weighted by atomic mass is 79.9. The van der Waals surface area contributed by atoms with Crippen molar-refractivity contribution >= 4 is 15.9 Å². The molecule has 3 atom stereocenters. The topological polar surface area (TPSA) is 29.3 Å². The van der Waals surface area contributed by atoms with E-state index in [-0.39, 0.29) is 0 Å². The molecule has 2 nitrogen and oxygen atoms in total. The van der Waals surface area contributed by atoms with Crippen LogP contribution in [0.4, 0.5) is 0 Å². The average Bonchev–Trinajstić information content (AvgIpc) is 2.37. The first-order valence-electron chi connectivity index (χ1n) is 7.23. The minimum absolute atomic E-state index is 0.392. The molecule has 2 rings (SSSR count). The molecule has 0 heterocycles. The van der Waals surface area contributed by atoms with Gasteiger partial charge in [0.2, 0.25) is 0 Å². The predicted octanol–water partition coefficient (Wildman–Crippen LogP) is 3.64. The highest BCUT2D eigenvalue weighted by molar-refractivity contribution is 9.10. The molecule has 1 aliphatic carbocycles. The van der Waals surface area contributed by atoms with Crippen molar-refractivity contribution in [3.8, 4) is 0 Å². The van der Waals surface area contributed by atoms with E-state index in [2.05, 4.69) is 59.1 Å². The number of rotatable bonds is 4. The third-order valence-electron chi connectivity index (χ3n) is 4.22. The molecule has 0 aromatic heterocycles. The lowest BCUT2D eigenvalue weighted by atomic mass is 9.79. The Morgan fingerprint density at radius 3 is 2.63 bits per heavy atom. The monoisotopic (exact) mass is 324 g/mol. The Hall–Kier alpha value is -0.380. The highest BCUT2D eigenvalue weighted by Gasteiger charge is 2.26. The summed E-state index contributed by atoms with van der Waals surface area (Å²) in [5, 5.41) is 0. The maximum Gasteiger partial charge on any atom is 0.0230 e. The number of nitrogens with zero attached hydrogens (tertiary/aromatic N) is 1. The van der Waals surface area contributed by atoms with Crippen LogP contribution < -0.4 is 5.73 Å². The molecule has 1 fully saturated rings. The maximum absolute atomic E-state index is 6.27. The summed E-state index contributed by atoms with van der Waals surface area (Å²) in [7, 11) is 2.20. The van der Waals surface area contributed by atoms with Gasteiger partial charge >= 0.3 is 0 Å². The molecule has 0 amide bonds. The minimum atomic E-state index is 0.392. The first-order chi connectivity index (χ1) is 9.04. The van der Waals surface area contributed by atoms with Crippen LogP contribution in [0.25, 0.3) is 0 Å². The molecular formula is C16H25BrN2. The summed E-state index contributed by atoms with van der Waals surface area (Å²) in [5.74, 6) is 1.50. The number of benzene rings is 1. The summed E-state index contributed by atoms with van der Waals surface area (Å²) in [6.45, 7) is 4.47. The highest BCUT2D eigenvalue weighted by Crippen LogP contribution is 2.28. The van der Waals surface area contributed by atoms with Crippen molar-refractivity contribution in [2.75, 3.05) is 13.6 Å². The van der Waals surface area contributed by atoms with E-state index in [0.717, 1.165) is 23.5 Å². The maximum atomic E-state index is 6.27. The third-order valence-corrected chi connectivity index (χ3v) is 4.74. The molecule has 0 saturated heterocycles. The van der Waals surface area contributed by atoms with Gasteiger partial charge in [0.1, 0.15) is 0 Å². The summed E-state index contributed by atoms with van der Waals surface area (Å²) in [6.07, 6.45) is 3.78. The Labute approximate surface area is 125 Å². The Morgan fingerprint density at radius 1 is 1.26 bits per heavy atom. The van der Waals surface area contributed by atoms with Crippen LogP contribution >= 0.6 is 15.9 Å². The SMILES string of the molecule is CC1CCC(N)C(CN(C)Cc2ccc(Br)cc2)C1. The van der Waals surface area contributed by atoms with Crippen LogP contribution in [-0.4, -0.2) is 24.5 Å². The summed E-state index contributed by atoms with van der Waals surface area (Å²) in [5.41, 5.74) is 7.63. The molecule has 106 valence electrons. The minimum Gasteiger partial charge on any atom is -0.327 e. The lowest BCUT2D eigenvalue weighted by Gasteiger charge is -2.35. The second kappa shape index (κ2) is 6.87. The number of hydrogen-bond donors (Lipinski definition) is 1. The zero-order chi connectivity index (χ0) is 13.8. The lowest BCUT2D eigenvalue weighted by Crippen LogP contribution is -2.41. The zero-order valence-corrected chi connectivity index (χ0v) is 13.6. The molecule has 3 unspecified atom stereocenters. The number of halogens is 1. The molecule has 1 aromatic rings. The second-order valence-electron chi connectivity index (χ2n) is 6.17. The van der Waals surface area contributed by atoms with E-state index in [4.69, 9.17) is 5.73 Å². The smallest absolute Gasteiger partial charge is 0.0230 e. The van der Waals surface area contributed by atoms with E-state index >= 15 is 0 Å². The Bertz CT molecular complexity index is 390. The second-order valence-corrected chi connectivity index (χ2v) is 7.08. The molecule has 19 heavy (non-hydrogen) atoms. The molecule has 0 bridgehead atoms. The number of hydrogen-bond acceptors (Lipinski definition) is 2. The quantitative estimate of drug-likeness (QED) is 0.916. The molecular weight excluding hydrogens is 300 g/mol. The van der Waals surface area contributed by atoms with Gasteiger partial charge in [-0.15, -0.1) is 0 Å². The van der Waals surface area contributed by atoms with Crippen molar-refractivity contribution in [3.05, 3.63) is 34.3 Å². The lowest BCUT2D eigenvalue weighted by molar-refractivity contribution is 0.177. The van der Waals surface area contributed by atoms with Gasteiger partial charge in [-0.2, -0.15) is 0 Å². The average molecular weight is 325 g/mol. The van der Waals surface area contributed by atoms with E-state index in [1.165, 1.54) is 24.8 Å². The third kappa shape index (κ3) is 4.59. The van der Waals surface area contributed by atoms with Gasteiger partial charge < -0.3 is 10.6 Å². The van der Waals surface area contributed by atoms with Crippen molar-refractivity contribution < 1.29 is 0 Å². The van der Waals surface area contributed by atoms with E-state index in [9.17, 15) is 0 Å². The van der Waals surface area contributed by atoms with Crippen LogP contribution in [0.15, 0.2) is 28.7 Å².